The van der Waals surface area contributed by atoms with Gasteiger partial charge in [0.25, 0.3) is 0 Å². The number of nitrogens with one attached hydrogen (secondary N) is 2. The van der Waals surface area contributed by atoms with Gasteiger partial charge in [-0.15, -0.1) is 0 Å². The molecule has 12 heavy (non-hydrogen) atoms. The van der Waals surface area contributed by atoms with Crippen molar-refractivity contribution in [3.63, 3.8) is 0 Å². The van der Waals surface area contributed by atoms with Crippen molar-refractivity contribution in [2.75, 3.05) is 0 Å². The van der Waals surface area contributed by atoms with Crippen molar-refractivity contribution < 1.29 is 0 Å². The quantitative estimate of drug-likeness (QED) is 0.574. The minimum absolute atomic E-state index is 0.228. The van der Waals surface area contributed by atoms with Gasteiger partial charge in [0, 0.05) is 6.20 Å². The SMILES string of the molecule is N#Cc1nccc2[nH]c(=O)[nH]c12. The molecule has 0 aliphatic heterocycles. The van der Waals surface area contributed by atoms with E-state index >= 15 is 0 Å². The Morgan fingerprint density at radius 3 is 3.08 bits per heavy atom. The average Bonchev–Trinajstić information content (AvgIpc) is 2.44. The van der Waals surface area contributed by atoms with E-state index in [-0.39, 0.29) is 11.4 Å². The Morgan fingerprint density at radius 2 is 2.33 bits per heavy atom. The number of H-pyrrole nitrogens is 2. The number of hydrogen-bond acceptors (Lipinski definition) is 3. The molecule has 58 valence electrons. The first kappa shape index (κ1) is 6.61. The summed E-state index contributed by atoms with van der Waals surface area (Å²) in [5.41, 5.74) is 0.969. The Labute approximate surface area is 66.7 Å². The third-order valence-corrected chi connectivity index (χ3v) is 1.54. The zero-order valence-corrected chi connectivity index (χ0v) is 5.96. The Bertz CT molecular complexity index is 516. The van der Waals surface area contributed by atoms with Crippen molar-refractivity contribution in [2.24, 2.45) is 0 Å². The summed E-state index contributed by atoms with van der Waals surface area (Å²) >= 11 is 0. The fraction of sp³-hybridized carbons (Fsp3) is 0. The number of imidazole rings is 1. The maximum atomic E-state index is 10.8. The minimum Gasteiger partial charge on any atom is -0.306 e. The normalized spacial score (nSPS) is 9.92. The van der Waals surface area contributed by atoms with E-state index in [1.54, 1.807) is 6.07 Å². The number of fused-ring (bicyclic) bond motifs is 1. The van der Waals surface area contributed by atoms with Crippen LogP contribution in [0.2, 0.25) is 0 Å². The number of pyridine rings is 1. The van der Waals surface area contributed by atoms with E-state index in [2.05, 4.69) is 15.0 Å². The summed E-state index contributed by atoms with van der Waals surface area (Å²) in [6.45, 7) is 0. The van der Waals surface area contributed by atoms with Gasteiger partial charge in [0.1, 0.15) is 11.6 Å². The van der Waals surface area contributed by atoms with Gasteiger partial charge in [-0.2, -0.15) is 5.26 Å². The Hall–Kier alpha value is -2.09. The third kappa shape index (κ3) is 0.787. The van der Waals surface area contributed by atoms with Gasteiger partial charge in [-0.05, 0) is 6.07 Å². The molecule has 0 bridgehead atoms. The zero-order valence-electron chi connectivity index (χ0n) is 5.96. The fourth-order valence-corrected chi connectivity index (χ4v) is 1.04. The van der Waals surface area contributed by atoms with Crippen LogP contribution in [0, 0.1) is 11.3 Å². The third-order valence-electron chi connectivity index (χ3n) is 1.54. The molecule has 0 amide bonds. The van der Waals surface area contributed by atoms with Crippen LogP contribution >= 0.6 is 0 Å². The molecule has 0 spiro atoms. The first-order valence-corrected chi connectivity index (χ1v) is 3.28. The van der Waals surface area contributed by atoms with Crippen LogP contribution < -0.4 is 5.69 Å². The summed E-state index contributed by atoms with van der Waals surface area (Å²) in [5, 5.41) is 8.60. The Kier molecular flexibility index (Phi) is 1.21. The Morgan fingerprint density at radius 1 is 1.50 bits per heavy atom. The molecular formula is C7H4N4O. The lowest BCUT2D eigenvalue weighted by Crippen LogP contribution is -1.99. The largest absolute Gasteiger partial charge is 0.323 e. The van der Waals surface area contributed by atoms with Gasteiger partial charge in [-0.25, -0.2) is 9.78 Å². The molecule has 2 heterocycles. The second-order valence-electron chi connectivity index (χ2n) is 2.27. The smallest absolute Gasteiger partial charge is 0.306 e. The van der Waals surface area contributed by atoms with Gasteiger partial charge in [-0.1, -0.05) is 0 Å². The molecule has 2 rings (SSSR count). The van der Waals surface area contributed by atoms with Crippen molar-refractivity contribution in [3.05, 3.63) is 28.4 Å². The van der Waals surface area contributed by atoms with E-state index in [9.17, 15) is 4.79 Å². The maximum absolute atomic E-state index is 10.8. The number of hydrogen-bond donors (Lipinski definition) is 2. The summed E-state index contributed by atoms with van der Waals surface area (Å²) in [7, 11) is 0. The lowest BCUT2D eigenvalue weighted by molar-refractivity contribution is 1.21. The van der Waals surface area contributed by atoms with E-state index in [0.717, 1.165) is 0 Å². The van der Waals surface area contributed by atoms with Gasteiger partial charge in [0.15, 0.2) is 5.69 Å². The van der Waals surface area contributed by atoms with Crippen LogP contribution in [0.1, 0.15) is 5.69 Å². The van der Waals surface area contributed by atoms with Gasteiger partial charge in [0.2, 0.25) is 0 Å². The predicted molar refractivity (Wildman–Crippen MR) is 41.4 cm³/mol. The van der Waals surface area contributed by atoms with Crippen LogP contribution in [-0.4, -0.2) is 15.0 Å². The first-order chi connectivity index (χ1) is 5.81. The second kappa shape index (κ2) is 2.20. The highest BCUT2D eigenvalue weighted by atomic mass is 16.1. The van der Waals surface area contributed by atoms with Crippen LogP contribution in [0.5, 0.6) is 0 Å². The summed E-state index contributed by atoms with van der Waals surface area (Å²) in [5.74, 6) is 0. The molecule has 0 aliphatic carbocycles. The van der Waals surface area contributed by atoms with Crippen LogP contribution in [-0.2, 0) is 0 Å². The minimum atomic E-state index is -0.325. The van der Waals surface area contributed by atoms with Crippen LogP contribution in [0.15, 0.2) is 17.1 Å². The van der Waals surface area contributed by atoms with Crippen molar-refractivity contribution in [1.82, 2.24) is 15.0 Å². The number of aromatic nitrogens is 3. The molecule has 0 aliphatic rings. The number of rotatable bonds is 0. The van der Waals surface area contributed by atoms with E-state index in [1.165, 1.54) is 6.20 Å². The molecule has 0 saturated carbocycles. The highest BCUT2D eigenvalue weighted by Crippen LogP contribution is 2.07. The number of nitriles is 1. The summed E-state index contributed by atoms with van der Waals surface area (Å²) in [6, 6.07) is 3.52. The molecular weight excluding hydrogens is 156 g/mol. The van der Waals surface area contributed by atoms with Crippen LogP contribution in [0.3, 0.4) is 0 Å². The molecule has 2 aromatic heterocycles. The van der Waals surface area contributed by atoms with Crippen molar-refractivity contribution >= 4 is 11.0 Å². The number of nitrogens with zero attached hydrogens (tertiary/aromatic N) is 2. The van der Waals surface area contributed by atoms with Crippen molar-refractivity contribution in [2.45, 2.75) is 0 Å². The highest BCUT2D eigenvalue weighted by molar-refractivity contribution is 5.78. The Balaban J connectivity index is 2.99. The van der Waals surface area contributed by atoms with E-state index < -0.39 is 0 Å². The second-order valence-corrected chi connectivity index (χ2v) is 2.27. The number of aromatic amines is 2. The topological polar surface area (TPSA) is 85.3 Å². The van der Waals surface area contributed by atoms with Gasteiger partial charge < -0.3 is 9.97 Å². The molecule has 5 heteroatoms. The summed E-state index contributed by atoms with van der Waals surface area (Å²) < 4.78 is 0. The molecule has 0 unspecified atom stereocenters. The zero-order chi connectivity index (χ0) is 8.55. The average molecular weight is 160 g/mol. The first-order valence-electron chi connectivity index (χ1n) is 3.28. The van der Waals surface area contributed by atoms with Crippen molar-refractivity contribution in [3.8, 4) is 6.07 Å². The molecule has 5 nitrogen and oxygen atoms in total. The highest BCUT2D eigenvalue weighted by Gasteiger charge is 2.03. The van der Waals surface area contributed by atoms with Crippen LogP contribution in [0.4, 0.5) is 0 Å². The standard InChI is InChI=1S/C7H4N4O/c8-3-5-6-4(1-2-9-5)10-7(12)11-6/h1-2H,(H2,10,11,12). The molecule has 0 radical (unpaired) electrons. The van der Waals surface area contributed by atoms with E-state index in [0.29, 0.717) is 11.0 Å². The fourth-order valence-electron chi connectivity index (χ4n) is 1.04. The van der Waals surface area contributed by atoms with Gasteiger partial charge in [0.05, 0.1) is 5.52 Å². The van der Waals surface area contributed by atoms with Crippen molar-refractivity contribution in [1.29, 1.82) is 5.26 Å². The molecule has 0 aromatic carbocycles. The summed E-state index contributed by atoms with van der Waals surface area (Å²) in [4.78, 5) is 19.6. The van der Waals surface area contributed by atoms with Crippen LogP contribution in [0.25, 0.3) is 11.0 Å². The summed E-state index contributed by atoms with van der Waals surface area (Å²) in [6.07, 6.45) is 1.48. The monoisotopic (exact) mass is 160 g/mol. The molecule has 0 saturated heterocycles. The van der Waals surface area contributed by atoms with E-state index in [4.69, 9.17) is 5.26 Å². The van der Waals surface area contributed by atoms with Gasteiger partial charge >= 0.3 is 5.69 Å². The molecule has 0 fully saturated rings. The molecule has 2 N–H and O–H groups in total. The maximum Gasteiger partial charge on any atom is 0.323 e. The predicted octanol–water partition coefficient (Wildman–Crippen LogP) is 0.123. The van der Waals surface area contributed by atoms with E-state index in [1.807, 2.05) is 6.07 Å². The lowest BCUT2D eigenvalue weighted by atomic mass is 10.3. The molecule has 2 aromatic rings. The van der Waals surface area contributed by atoms with Gasteiger partial charge in [-0.3, -0.25) is 0 Å². The lowest BCUT2D eigenvalue weighted by Gasteiger charge is -1.87. The molecule has 0 atom stereocenters.